The monoisotopic (exact) mass is 223 g/mol. The average Bonchev–Trinajstić information content (AvgIpc) is 2.80. The van der Waals surface area contributed by atoms with Gasteiger partial charge in [0.1, 0.15) is 0 Å². The Morgan fingerprint density at radius 2 is 1.12 bits per heavy atom. The molecule has 2 rings (SSSR count). The van der Waals surface area contributed by atoms with Gasteiger partial charge in [-0.15, -0.1) is 0 Å². The first-order valence-corrected chi connectivity index (χ1v) is 7.67. The largest absolute Gasteiger partial charge is 0.303 e. The highest BCUT2D eigenvalue weighted by molar-refractivity contribution is 4.72. The molecule has 0 unspecified atom stereocenters. The lowest BCUT2D eigenvalue weighted by Crippen LogP contribution is -2.26. The van der Waals surface area contributed by atoms with Crippen molar-refractivity contribution in [3.63, 3.8) is 0 Å². The number of rotatable bonds is 2. The minimum absolute atomic E-state index is 1.02. The maximum Gasteiger partial charge on any atom is 0.000966 e. The highest BCUT2D eigenvalue weighted by Gasteiger charge is 2.17. The maximum atomic E-state index is 2.72. The summed E-state index contributed by atoms with van der Waals surface area (Å²) in [5, 5.41) is 0. The Labute approximate surface area is 102 Å². The molecule has 1 nitrogen and oxygen atoms in total. The predicted octanol–water partition coefficient (Wildman–Crippen LogP) is 4.22. The summed E-state index contributed by atoms with van der Waals surface area (Å²) in [6.45, 7) is 4.19. The van der Waals surface area contributed by atoms with Gasteiger partial charge >= 0.3 is 0 Å². The van der Waals surface area contributed by atoms with Crippen LogP contribution < -0.4 is 0 Å². The van der Waals surface area contributed by atoms with E-state index in [-0.39, 0.29) is 0 Å². The molecule has 2 fully saturated rings. The predicted molar refractivity (Wildman–Crippen MR) is 70.7 cm³/mol. The second kappa shape index (κ2) is 7.32. The molecule has 0 radical (unpaired) electrons. The fourth-order valence-corrected chi connectivity index (χ4v) is 3.41. The molecule has 1 saturated heterocycles. The summed E-state index contributed by atoms with van der Waals surface area (Å²) in [6, 6.07) is 0. The SMILES string of the molecule is C1CCCCC(CN2CCCC2)CCCC1. The van der Waals surface area contributed by atoms with E-state index in [1.54, 1.807) is 0 Å². The van der Waals surface area contributed by atoms with E-state index in [9.17, 15) is 0 Å². The normalized spacial score (nSPS) is 27.0. The molecule has 2 aliphatic rings. The third kappa shape index (κ3) is 4.45. The lowest BCUT2D eigenvalue weighted by molar-refractivity contribution is 0.248. The molecule has 0 N–H and O–H groups in total. The van der Waals surface area contributed by atoms with Crippen LogP contribution in [0.25, 0.3) is 0 Å². The van der Waals surface area contributed by atoms with Crippen molar-refractivity contribution in [3.05, 3.63) is 0 Å². The van der Waals surface area contributed by atoms with E-state index in [4.69, 9.17) is 0 Å². The molecule has 94 valence electrons. The van der Waals surface area contributed by atoms with Crippen molar-refractivity contribution in [3.8, 4) is 0 Å². The van der Waals surface area contributed by atoms with E-state index < -0.39 is 0 Å². The molecule has 0 aromatic heterocycles. The van der Waals surface area contributed by atoms with Crippen LogP contribution in [-0.2, 0) is 0 Å². The number of hydrogen-bond donors (Lipinski definition) is 0. The minimum atomic E-state index is 1.02. The first-order valence-electron chi connectivity index (χ1n) is 7.67. The maximum absolute atomic E-state index is 2.72. The molecule has 0 aromatic rings. The van der Waals surface area contributed by atoms with Gasteiger partial charge in [0, 0.05) is 6.54 Å². The van der Waals surface area contributed by atoms with Crippen LogP contribution in [0, 0.1) is 5.92 Å². The van der Waals surface area contributed by atoms with Crippen LogP contribution in [0.15, 0.2) is 0 Å². The standard InChI is InChI=1S/C15H29N/c1-2-4-6-10-15(11-7-5-3-1)14-16-12-8-9-13-16/h15H,1-14H2. The van der Waals surface area contributed by atoms with E-state index in [0.717, 1.165) is 5.92 Å². The molecule has 0 amide bonds. The first-order chi connectivity index (χ1) is 7.95. The Balaban J connectivity index is 1.70. The van der Waals surface area contributed by atoms with Gasteiger partial charge < -0.3 is 4.90 Å². The fraction of sp³-hybridized carbons (Fsp3) is 1.00. The van der Waals surface area contributed by atoms with Crippen molar-refractivity contribution < 1.29 is 0 Å². The number of likely N-dealkylation sites (tertiary alicyclic amines) is 1. The Bertz CT molecular complexity index is 162. The summed E-state index contributed by atoms with van der Waals surface area (Å²) in [5.41, 5.74) is 0. The van der Waals surface area contributed by atoms with Crippen LogP contribution in [0.5, 0.6) is 0 Å². The average molecular weight is 223 g/mol. The molecule has 0 atom stereocenters. The van der Waals surface area contributed by atoms with Crippen LogP contribution in [0.3, 0.4) is 0 Å². The van der Waals surface area contributed by atoms with Gasteiger partial charge in [-0.05, 0) is 44.7 Å². The third-order valence-corrected chi connectivity index (χ3v) is 4.44. The second-order valence-electron chi connectivity index (χ2n) is 5.93. The zero-order valence-electron chi connectivity index (χ0n) is 10.9. The van der Waals surface area contributed by atoms with Gasteiger partial charge in [-0.2, -0.15) is 0 Å². The molecule has 0 bridgehead atoms. The first kappa shape index (κ1) is 12.4. The van der Waals surface area contributed by atoms with Crippen molar-refractivity contribution in [1.82, 2.24) is 4.90 Å². The van der Waals surface area contributed by atoms with Crippen LogP contribution >= 0.6 is 0 Å². The summed E-state index contributed by atoms with van der Waals surface area (Å²) >= 11 is 0. The lowest BCUT2D eigenvalue weighted by Gasteiger charge is -2.24. The van der Waals surface area contributed by atoms with Gasteiger partial charge in [-0.3, -0.25) is 0 Å². The van der Waals surface area contributed by atoms with E-state index >= 15 is 0 Å². The molecular formula is C15H29N. The van der Waals surface area contributed by atoms with Gasteiger partial charge in [-0.25, -0.2) is 0 Å². The van der Waals surface area contributed by atoms with E-state index in [2.05, 4.69) is 4.90 Å². The Hall–Kier alpha value is -0.0400. The number of hydrogen-bond acceptors (Lipinski definition) is 1. The lowest BCUT2D eigenvalue weighted by atomic mass is 9.92. The van der Waals surface area contributed by atoms with Crippen LogP contribution in [0.4, 0.5) is 0 Å². The highest BCUT2D eigenvalue weighted by atomic mass is 15.1. The van der Waals surface area contributed by atoms with Crippen LogP contribution in [0.2, 0.25) is 0 Å². The van der Waals surface area contributed by atoms with Crippen molar-refractivity contribution in [1.29, 1.82) is 0 Å². The Kier molecular flexibility index (Phi) is 5.68. The summed E-state index contributed by atoms with van der Waals surface area (Å²) in [7, 11) is 0. The van der Waals surface area contributed by atoms with Gasteiger partial charge in [0.2, 0.25) is 0 Å². The fourth-order valence-electron chi connectivity index (χ4n) is 3.41. The molecule has 1 heterocycles. The molecular weight excluding hydrogens is 194 g/mol. The van der Waals surface area contributed by atoms with Gasteiger partial charge in [0.15, 0.2) is 0 Å². The molecule has 0 aromatic carbocycles. The van der Waals surface area contributed by atoms with Crippen molar-refractivity contribution in [2.75, 3.05) is 19.6 Å². The zero-order chi connectivity index (χ0) is 11.1. The van der Waals surface area contributed by atoms with Gasteiger partial charge in [-0.1, -0.05) is 44.9 Å². The molecule has 1 heteroatoms. The third-order valence-electron chi connectivity index (χ3n) is 4.44. The molecule has 1 aliphatic heterocycles. The molecule has 1 saturated carbocycles. The number of nitrogens with zero attached hydrogens (tertiary/aromatic N) is 1. The van der Waals surface area contributed by atoms with Gasteiger partial charge in [0.05, 0.1) is 0 Å². The van der Waals surface area contributed by atoms with Crippen molar-refractivity contribution >= 4 is 0 Å². The topological polar surface area (TPSA) is 3.24 Å². The summed E-state index contributed by atoms with van der Waals surface area (Å²) < 4.78 is 0. The molecule has 0 spiro atoms. The quantitative estimate of drug-likeness (QED) is 0.677. The molecule has 1 aliphatic carbocycles. The Morgan fingerprint density at radius 3 is 1.69 bits per heavy atom. The van der Waals surface area contributed by atoms with Crippen molar-refractivity contribution in [2.24, 2.45) is 5.92 Å². The second-order valence-corrected chi connectivity index (χ2v) is 5.93. The Morgan fingerprint density at radius 1 is 0.625 bits per heavy atom. The van der Waals surface area contributed by atoms with Crippen LogP contribution in [-0.4, -0.2) is 24.5 Å². The zero-order valence-corrected chi connectivity index (χ0v) is 10.9. The van der Waals surface area contributed by atoms with Crippen molar-refractivity contribution in [2.45, 2.75) is 70.6 Å². The minimum Gasteiger partial charge on any atom is -0.303 e. The van der Waals surface area contributed by atoms with E-state index in [1.165, 1.54) is 90.3 Å². The summed E-state index contributed by atoms with van der Waals surface area (Å²) in [5.74, 6) is 1.02. The smallest absolute Gasteiger partial charge is 0.000966 e. The van der Waals surface area contributed by atoms with E-state index in [1.807, 2.05) is 0 Å². The van der Waals surface area contributed by atoms with E-state index in [0.29, 0.717) is 0 Å². The highest BCUT2D eigenvalue weighted by Crippen LogP contribution is 2.23. The van der Waals surface area contributed by atoms with Crippen LogP contribution in [0.1, 0.15) is 70.6 Å². The molecule has 16 heavy (non-hydrogen) atoms. The van der Waals surface area contributed by atoms with Gasteiger partial charge in [0.25, 0.3) is 0 Å². The summed E-state index contributed by atoms with van der Waals surface area (Å²) in [4.78, 5) is 2.72. The summed E-state index contributed by atoms with van der Waals surface area (Å²) in [6.07, 6.45) is 16.4.